The van der Waals surface area contributed by atoms with E-state index in [1.807, 2.05) is 30.3 Å². The van der Waals surface area contributed by atoms with Crippen molar-refractivity contribution in [1.29, 1.82) is 0 Å². The lowest BCUT2D eigenvalue weighted by Crippen LogP contribution is -2.28. The van der Waals surface area contributed by atoms with Crippen molar-refractivity contribution in [3.63, 3.8) is 0 Å². The summed E-state index contributed by atoms with van der Waals surface area (Å²) < 4.78 is 26.4. The maximum absolute atomic E-state index is 13.9. The maximum Gasteiger partial charge on any atom is 0.350 e. The Morgan fingerprint density at radius 1 is 1.15 bits per heavy atom. The third kappa shape index (κ3) is 3.90. The summed E-state index contributed by atoms with van der Waals surface area (Å²) in [6.07, 6.45) is 1.52. The lowest BCUT2D eigenvalue weighted by atomic mass is 10.2. The number of rotatable bonds is 6. The fraction of sp³-hybridized carbons (Fsp3) is 0.0870. The van der Waals surface area contributed by atoms with Crippen LogP contribution in [0.25, 0.3) is 28.5 Å². The number of hydrogen-bond acceptors (Lipinski definition) is 7. The number of halogens is 1. The van der Waals surface area contributed by atoms with Gasteiger partial charge in [0.1, 0.15) is 6.54 Å². The minimum atomic E-state index is -0.621. The molecule has 5 rings (SSSR count). The molecule has 0 saturated heterocycles. The molecule has 0 spiro atoms. The average Bonchev–Trinajstić information content (AvgIpc) is 3.45. The number of aromatic nitrogens is 5. The van der Waals surface area contributed by atoms with Gasteiger partial charge in [-0.05, 0) is 24.3 Å². The number of pyridine rings is 1. The van der Waals surface area contributed by atoms with Crippen LogP contribution < -0.4 is 15.7 Å². The predicted octanol–water partition coefficient (Wildman–Crippen LogP) is 3.00. The second-order valence-electron chi connectivity index (χ2n) is 7.24. The van der Waals surface area contributed by atoms with Gasteiger partial charge in [0, 0.05) is 23.5 Å². The zero-order valence-electron chi connectivity index (χ0n) is 17.8. The predicted molar refractivity (Wildman–Crippen MR) is 120 cm³/mol. The van der Waals surface area contributed by atoms with Gasteiger partial charge in [-0.1, -0.05) is 35.5 Å². The summed E-state index contributed by atoms with van der Waals surface area (Å²) in [6, 6.07) is 16.6. The number of carbonyl (C=O) groups is 1. The smallest absolute Gasteiger partial charge is 0.350 e. The van der Waals surface area contributed by atoms with Crippen molar-refractivity contribution in [2.24, 2.45) is 0 Å². The minimum Gasteiger partial charge on any atom is -0.494 e. The molecule has 10 nitrogen and oxygen atoms in total. The highest BCUT2D eigenvalue weighted by molar-refractivity contribution is 5.90. The number of anilines is 1. The van der Waals surface area contributed by atoms with Crippen LogP contribution in [0.4, 0.5) is 10.1 Å². The molecule has 0 saturated carbocycles. The van der Waals surface area contributed by atoms with Gasteiger partial charge in [-0.2, -0.15) is 4.98 Å². The number of carbonyl (C=O) groups excluding carboxylic acids is 1. The molecule has 170 valence electrons. The van der Waals surface area contributed by atoms with Crippen molar-refractivity contribution in [3.8, 4) is 28.6 Å². The van der Waals surface area contributed by atoms with Gasteiger partial charge in [0.25, 0.3) is 5.89 Å². The third-order valence-electron chi connectivity index (χ3n) is 5.03. The average molecular weight is 460 g/mol. The Hall–Kier alpha value is -4.80. The van der Waals surface area contributed by atoms with E-state index < -0.39 is 17.4 Å². The number of fused-ring (bicyclic) bond motifs is 1. The van der Waals surface area contributed by atoms with Gasteiger partial charge in [-0.3, -0.25) is 4.79 Å². The topological polar surface area (TPSA) is 117 Å². The van der Waals surface area contributed by atoms with Crippen LogP contribution in [0, 0.1) is 5.82 Å². The van der Waals surface area contributed by atoms with E-state index in [0.29, 0.717) is 11.4 Å². The molecular weight excluding hydrogens is 443 g/mol. The molecule has 0 aliphatic rings. The lowest BCUT2D eigenvalue weighted by Gasteiger charge is -2.07. The minimum absolute atomic E-state index is 0.0542. The van der Waals surface area contributed by atoms with Crippen LogP contribution in [0.15, 0.2) is 76.2 Å². The molecule has 3 aromatic heterocycles. The van der Waals surface area contributed by atoms with E-state index in [4.69, 9.17) is 9.26 Å². The zero-order valence-corrected chi connectivity index (χ0v) is 17.8. The SMILES string of the molecule is COc1ccc(NC(=O)Cn2nc3c(-c4nc(-c5ccccc5)no4)cccn3c2=O)cc1F. The standard InChI is InChI=1S/C23H17FN6O4/c1-33-18-10-9-15(12-17(18)24)25-19(31)13-30-23(32)29-11-5-8-16(21(29)27-30)22-26-20(28-34-22)14-6-3-2-4-7-14/h2-12H,13H2,1H3,(H,25,31). The Morgan fingerprint density at radius 2 is 1.97 bits per heavy atom. The van der Waals surface area contributed by atoms with Gasteiger partial charge in [-0.15, -0.1) is 5.10 Å². The van der Waals surface area contributed by atoms with Crippen LogP contribution in [0.1, 0.15) is 0 Å². The Kier molecular flexibility index (Phi) is 5.34. The first-order valence-corrected chi connectivity index (χ1v) is 10.1. The van der Waals surface area contributed by atoms with Crippen molar-refractivity contribution in [2.45, 2.75) is 6.54 Å². The normalized spacial score (nSPS) is 11.0. The van der Waals surface area contributed by atoms with Gasteiger partial charge in [-0.25, -0.2) is 18.3 Å². The first kappa shape index (κ1) is 21.1. The number of amides is 1. The Balaban J connectivity index is 1.42. The highest BCUT2D eigenvalue weighted by Gasteiger charge is 2.18. The first-order valence-electron chi connectivity index (χ1n) is 10.1. The highest BCUT2D eigenvalue weighted by Crippen LogP contribution is 2.24. The molecule has 3 heterocycles. The summed E-state index contributed by atoms with van der Waals surface area (Å²) in [7, 11) is 1.34. The number of nitrogens with one attached hydrogen (secondary N) is 1. The summed E-state index contributed by atoms with van der Waals surface area (Å²) >= 11 is 0. The van der Waals surface area contributed by atoms with E-state index in [-0.39, 0.29) is 29.5 Å². The molecular formula is C23H17FN6O4. The van der Waals surface area contributed by atoms with Crippen molar-refractivity contribution >= 4 is 17.2 Å². The fourth-order valence-electron chi connectivity index (χ4n) is 3.43. The summed E-state index contributed by atoms with van der Waals surface area (Å²) in [5.74, 6) is -0.547. The van der Waals surface area contributed by atoms with E-state index in [1.54, 1.807) is 12.1 Å². The molecule has 0 bridgehead atoms. The third-order valence-corrected chi connectivity index (χ3v) is 5.03. The van der Waals surface area contributed by atoms with Crippen LogP contribution in [-0.2, 0) is 11.3 Å². The van der Waals surface area contributed by atoms with Gasteiger partial charge in [0.15, 0.2) is 17.2 Å². The Labute approximate surface area is 191 Å². The van der Waals surface area contributed by atoms with E-state index in [2.05, 4.69) is 20.6 Å². The van der Waals surface area contributed by atoms with Crippen molar-refractivity contribution in [3.05, 3.63) is 83.2 Å². The van der Waals surface area contributed by atoms with Gasteiger partial charge >= 0.3 is 5.69 Å². The zero-order chi connectivity index (χ0) is 23.7. The van der Waals surface area contributed by atoms with Gasteiger partial charge in [0.05, 0.1) is 12.7 Å². The first-order chi connectivity index (χ1) is 16.5. The van der Waals surface area contributed by atoms with E-state index in [1.165, 1.54) is 29.8 Å². The summed E-state index contributed by atoms with van der Waals surface area (Å²) in [5, 5.41) is 10.8. The van der Waals surface area contributed by atoms with Crippen LogP contribution >= 0.6 is 0 Å². The number of nitrogens with zero attached hydrogens (tertiary/aromatic N) is 5. The number of hydrogen-bond donors (Lipinski definition) is 1. The van der Waals surface area contributed by atoms with Crippen molar-refractivity contribution in [1.82, 2.24) is 24.3 Å². The molecule has 0 unspecified atom stereocenters. The molecule has 1 N–H and O–H groups in total. The van der Waals surface area contributed by atoms with E-state index in [9.17, 15) is 14.0 Å². The molecule has 0 atom stereocenters. The van der Waals surface area contributed by atoms with Gasteiger partial charge in [0.2, 0.25) is 11.7 Å². The molecule has 5 aromatic rings. The highest BCUT2D eigenvalue weighted by atomic mass is 19.1. The van der Waals surface area contributed by atoms with Crippen molar-refractivity contribution < 1.29 is 18.4 Å². The van der Waals surface area contributed by atoms with Crippen molar-refractivity contribution in [2.75, 3.05) is 12.4 Å². The largest absolute Gasteiger partial charge is 0.494 e. The monoisotopic (exact) mass is 460 g/mol. The molecule has 1 amide bonds. The molecule has 11 heteroatoms. The number of methoxy groups -OCH3 is 1. The van der Waals surface area contributed by atoms with Crippen LogP contribution in [0.3, 0.4) is 0 Å². The summed E-state index contributed by atoms with van der Waals surface area (Å²) in [6.45, 7) is -0.382. The van der Waals surface area contributed by atoms with E-state index in [0.717, 1.165) is 16.3 Å². The Morgan fingerprint density at radius 3 is 2.74 bits per heavy atom. The van der Waals surface area contributed by atoms with Crippen LogP contribution in [-0.4, -0.2) is 37.3 Å². The number of ether oxygens (including phenoxy) is 1. The van der Waals surface area contributed by atoms with E-state index >= 15 is 0 Å². The van der Waals surface area contributed by atoms with Crippen LogP contribution in [0.2, 0.25) is 0 Å². The lowest BCUT2D eigenvalue weighted by molar-refractivity contribution is -0.117. The van der Waals surface area contributed by atoms with Gasteiger partial charge < -0.3 is 14.6 Å². The molecule has 0 aliphatic heterocycles. The summed E-state index contributed by atoms with van der Waals surface area (Å²) in [5.41, 5.74) is 1.15. The number of benzene rings is 2. The second-order valence-corrected chi connectivity index (χ2v) is 7.24. The van der Waals surface area contributed by atoms with Crippen LogP contribution in [0.5, 0.6) is 5.75 Å². The second kappa shape index (κ2) is 8.62. The molecule has 2 aromatic carbocycles. The molecule has 0 radical (unpaired) electrons. The quantitative estimate of drug-likeness (QED) is 0.414. The molecule has 34 heavy (non-hydrogen) atoms. The molecule has 0 aliphatic carbocycles. The summed E-state index contributed by atoms with van der Waals surface area (Å²) in [4.78, 5) is 29.7. The maximum atomic E-state index is 13.9. The molecule has 0 fully saturated rings. The fourth-order valence-corrected chi connectivity index (χ4v) is 3.43. The Bertz CT molecular complexity index is 1560.